The van der Waals surface area contributed by atoms with Gasteiger partial charge in [0.05, 0.1) is 0 Å². The molecule has 138 valence electrons. The van der Waals surface area contributed by atoms with Crippen molar-refractivity contribution in [1.29, 1.82) is 0 Å². The van der Waals surface area contributed by atoms with Crippen molar-refractivity contribution < 1.29 is 4.79 Å². The van der Waals surface area contributed by atoms with Crippen LogP contribution in [0.4, 0.5) is 11.5 Å². The van der Waals surface area contributed by atoms with Gasteiger partial charge < -0.3 is 10.6 Å². The van der Waals surface area contributed by atoms with Crippen LogP contribution in [0.25, 0.3) is 0 Å². The van der Waals surface area contributed by atoms with Crippen LogP contribution in [-0.2, 0) is 6.42 Å². The Balaban J connectivity index is 1.67. The van der Waals surface area contributed by atoms with Crippen molar-refractivity contribution in [2.75, 3.05) is 11.9 Å². The first kappa shape index (κ1) is 18.9. The Bertz CT molecular complexity index is 944. The van der Waals surface area contributed by atoms with Gasteiger partial charge in [0.1, 0.15) is 17.3 Å². The molecule has 0 fully saturated rings. The summed E-state index contributed by atoms with van der Waals surface area (Å²) in [7, 11) is 0. The molecular formula is C21H21ClN4O. The summed E-state index contributed by atoms with van der Waals surface area (Å²) in [6.07, 6.45) is 0.770. The molecule has 0 aliphatic rings. The predicted molar refractivity (Wildman–Crippen MR) is 109 cm³/mol. The maximum absolute atomic E-state index is 12.5. The largest absolute Gasteiger partial charge is 0.350 e. The van der Waals surface area contributed by atoms with Gasteiger partial charge in [-0.25, -0.2) is 9.97 Å². The predicted octanol–water partition coefficient (Wildman–Crippen LogP) is 4.46. The fourth-order valence-electron chi connectivity index (χ4n) is 2.71. The highest BCUT2D eigenvalue weighted by atomic mass is 35.5. The van der Waals surface area contributed by atoms with Crippen LogP contribution in [0.5, 0.6) is 0 Å². The van der Waals surface area contributed by atoms with Gasteiger partial charge in [0.25, 0.3) is 5.91 Å². The van der Waals surface area contributed by atoms with E-state index in [0.29, 0.717) is 28.9 Å². The van der Waals surface area contributed by atoms with Gasteiger partial charge in [-0.15, -0.1) is 0 Å². The number of halogens is 1. The molecule has 3 rings (SSSR count). The number of aryl methyl sites for hydroxylation is 2. The van der Waals surface area contributed by atoms with Crippen LogP contribution in [0, 0.1) is 13.8 Å². The number of carbonyl (C=O) groups is 1. The summed E-state index contributed by atoms with van der Waals surface area (Å²) >= 11 is 6.00. The second-order valence-electron chi connectivity index (χ2n) is 6.26. The fraction of sp³-hybridized carbons (Fsp3) is 0.190. The van der Waals surface area contributed by atoms with Crippen molar-refractivity contribution in [3.8, 4) is 0 Å². The normalized spacial score (nSPS) is 10.5. The highest BCUT2D eigenvalue weighted by Gasteiger charge is 2.11. The molecule has 5 nitrogen and oxygen atoms in total. The van der Waals surface area contributed by atoms with Crippen molar-refractivity contribution in [3.05, 3.63) is 82.3 Å². The van der Waals surface area contributed by atoms with Gasteiger partial charge in [-0.05, 0) is 49.6 Å². The SMILES string of the molecule is Cc1nc(Nc2ccc(Cl)cc2C)cc(C(=O)NCCc2ccccc2)n1. The maximum Gasteiger partial charge on any atom is 0.270 e. The minimum absolute atomic E-state index is 0.215. The number of nitrogens with zero attached hydrogens (tertiary/aromatic N) is 2. The quantitative estimate of drug-likeness (QED) is 0.662. The first-order valence-electron chi connectivity index (χ1n) is 8.72. The Hall–Kier alpha value is -2.92. The summed E-state index contributed by atoms with van der Waals surface area (Å²) in [4.78, 5) is 21.1. The molecule has 3 aromatic rings. The minimum Gasteiger partial charge on any atom is -0.350 e. The van der Waals surface area contributed by atoms with Crippen LogP contribution in [0.15, 0.2) is 54.6 Å². The molecule has 2 aromatic carbocycles. The smallest absolute Gasteiger partial charge is 0.270 e. The number of nitrogens with one attached hydrogen (secondary N) is 2. The summed E-state index contributed by atoms with van der Waals surface area (Å²) in [5.41, 5.74) is 3.39. The monoisotopic (exact) mass is 380 g/mol. The van der Waals surface area contributed by atoms with Crippen molar-refractivity contribution in [2.45, 2.75) is 20.3 Å². The van der Waals surface area contributed by atoms with Crippen LogP contribution in [0.2, 0.25) is 5.02 Å². The third-order valence-electron chi connectivity index (χ3n) is 4.06. The molecule has 1 aromatic heterocycles. The van der Waals surface area contributed by atoms with E-state index in [1.54, 1.807) is 13.0 Å². The summed E-state index contributed by atoms with van der Waals surface area (Å²) in [5.74, 6) is 0.883. The molecule has 0 radical (unpaired) electrons. The van der Waals surface area contributed by atoms with Gasteiger partial charge >= 0.3 is 0 Å². The Kier molecular flexibility index (Phi) is 6.04. The molecule has 0 aliphatic heterocycles. The number of amides is 1. The average molecular weight is 381 g/mol. The highest BCUT2D eigenvalue weighted by molar-refractivity contribution is 6.30. The first-order chi connectivity index (χ1) is 13.0. The van der Waals surface area contributed by atoms with Crippen molar-refractivity contribution in [1.82, 2.24) is 15.3 Å². The molecule has 0 spiro atoms. The molecule has 27 heavy (non-hydrogen) atoms. The number of hydrogen-bond acceptors (Lipinski definition) is 4. The molecule has 0 unspecified atom stereocenters. The van der Waals surface area contributed by atoms with E-state index < -0.39 is 0 Å². The summed E-state index contributed by atoms with van der Waals surface area (Å²) in [5, 5.41) is 6.81. The van der Waals surface area contributed by atoms with Crippen molar-refractivity contribution in [2.24, 2.45) is 0 Å². The Labute approximate surface area is 163 Å². The van der Waals surface area contributed by atoms with Gasteiger partial charge in [-0.1, -0.05) is 41.9 Å². The Morgan fingerprint density at radius 3 is 2.56 bits per heavy atom. The Morgan fingerprint density at radius 2 is 1.81 bits per heavy atom. The zero-order valence-corrected chi connectivity index (χ0v) is 16.0. The Morgan fingerprint density at radius 1 is 1.04 bits per heavy atom. The standard InChI is InChI=1S/C21H21ClN4O/c1-14-12-17(22)8-9-18(14)26-20-13-19(24-15(2)25-20)21(27)23-11-10-16-6-4-3-5-7-16/h3-9,12-13H,10-11H2,1-2H3,(H,23,27)(H,24,25,26). The van der Waals surface area contributed by atoms with E-state index in [2.05, 4.69) is 20.6 Å². The van der Waals surface area contributed by atoms with Crippen LogP contribution in [0.3, 0.4) is 0 Å². The van der Waals surface area contributed by atoms with Gasteiger partial charge in [0.15, 0.2) is 0 Å². The average Bonchev–Trinajstić information content (AvgIpc) is 2.64. The molecule has 0 saturated carbocycles. The third kappa shape index (κ3) is 5.28. The van der Waals surface area contributed by atoms with Gasteiger partial charge in [0.2, 0.25) is 0 Å². The molecule has 0 saturated heterocycles. The molecule has 1 heterocycles. The van der Waals surface area contributed by atoms with Gasteiger partial charge in [-0.2, -0.15) is 0 Å². The second-order valence-corrected chi connectivity index (χ2v) is 6.70. The topological polar surface area (TPSA) is 66.9 Å². The van der Waals surface area contributed by atoms with Crippen molar-refractivity contribution >= 4 is 29.0 Å². The summed E-state index contributed by atoms with van der Waals surface area (Å²) < 4.78 is 0. The molecule has 1 amide bonds. The molecule has 0 bridgehead atoms. The molecule has 0 atom stereocenters. The zero-order valence-electron chi connectivity index (χ0n) is 15.3. The van der Waals surface area contributed by atoms with Crippen LogP contribution in [-0.4, -0.2) is 22.4 Å². The highest BCUT2D eigenvalue weighted by Crippen LogP contribution is 2.23. The lowest BCUT2D eigenvalue weighted by molar-refractivity contribution is 0.0949. The van der Waals surface area contributed by atoms with E-state index in [0.717, 1.165) is 17.7 Å². The van der Waals surface area contributed by atoms with E-state index in [4.69, 9.17) is 11.6 Å². The molecule has 2 N–H and O–H groups in total. The van der Waals surface area contributed by atoms with E-state index in [-0.39, 0.29) is 5.91 Å². The molecule has 0 aliphatic carbocycles. The number of benzene rings is 2. The zero-order chi connectivity index (χ0) is 19.2. The van der Waals surface area contributed by atoms with E-state index in [9.17, 15) is 4.79 Å². The molecular weight excluding hydrogens is 360 g/mol. The van der Waals surface area contributed by atoms with Crippen LogP contribution in [0.1, 0.15) is 27.4 Å². The van der Waals surface area contributed by atoms with E-state index >= 15 is 0 Å². The lowest BCUT2D eigenvalue weighted by Gasteiger charge is -2.11. The van der Waals surface area contributed by atoms with E-state index in [1.165, 1.54) is 5.56 Å². The fourth-order valence-corrected chi connectivity index (χ4v) is 2.94. The lowest BCUT2D eigenvalue weighted by atomic mass is 10.1. The number of rotatable bonds is 6. The summed E-state index contributed by atoms with van der Waals surface area (Å²) in [6.45, 7) is 4.27. The van der Waals surface area contributed by atoms with Crippen LogP contribution >= 0.6 is 11.6 Å². The second kappa shape index (κ2) is 8.64. The summed E-state index contributed by atoms with van der Waals surface area (Å²) in [6, 6.07) is 17.2. The number of anilines is 2. The number of carbonyl (C=O) groups excluding carboxylic acids is 1. The van der Waals surface area contributed by atoms with Crippen molar-refractivity contribution in [3.63, 3.8) is 0 Å². The van der Waals surface area contributed by atoms with Gasteiger partial charge in [-0.3, -0.25) is 4.79 Å². The third-order valence-corrected chi connectivity index (χ3v) is 4.30. The maximum atomic E-state index is 12.5. The number of hydrogen-bond donors (Lipinski definition) is 2. The van der Waals surface area contributed by atoms with Crippen LogP contribution < -0.4 is 10.6 Å². The first-order valence-corrected chi connectivity index (χ1v) is 9.10. The number of aromatic nitrogens is 2. The van der Waals surface area contributed by atoms with Gasteiger partial charge in [0, 0.05) is 23.3 Å². The minimum atomic E-state index is -0.215. The van der Waals surface area contributed by atoms with E-state index in [1.807, 2.05) is 55.5 Å². The lowest BCUT2D eigenvalue weighted by Crippen LogP contribution is -2.27. The molecule has 6 heteroatoms.